The van der Waals surface area contributed by atoms with Gasteiger partial charge in [0.2, 0.25) is 0 Å². The molecule has 1 aromatic carbocycles. The average molecular weight is 339 g/mol. The summed E-state index contributed by atoms with van der Waals surface area (Å²) in [5, 5.41) is 6.89. The van der Waals surface area contributed by atoms with Crippen LogP contribution in [-0.4, -0.2) is 43.6 Å². The number of piperidine rings is 1. The number of benzene rings is 1. The number of nitrogens with one attached hydrogen (secondary N) is 1. The predicted octanol–water partition coefficient (Wildman–Crippen LogP) is 2.89. The van der Waals surface area contributed by atoms with E-state index in [-0.39, 0.29) is 17.8 Å². The number of H-pyrrole nitrogens is 1. The first kappa shape index (κ1) is 15.6. The van der Waals surface area contributed by atoms with Gasteiger partial charge in [-0.15, -0.1) is 0 Å². The van der Waals surface area contributed by atoms with E-state index < -0.39 is 0 Å². The van der Waals surface area contributed by atoms with Crippen LogP contribution in [0.4, 0.5) is 4.39 Å². The lowest BCUT2D eigenvalue weighted by Gasteiger charge is -2.33. The molecule has 1 aliphatic rings. The Hall–Kier alpha value is -2.96. The molecule has 1 amide bonds. The standard InChI is InChI=1S/C18H18FN5O/c19-14-5-3-13(4-6-14)17-16(10-21-22-17)18(25)23-8-1-2-15(11-23)24-9-7-20-12-24/h3-7,9-10,12,15H,1-2,8,11H2,(H,21,22). The lowest BCUT2D eigenvalue weighted by molar-refractivity contribution is 0.0680. The molecule has 7 heteroatoms. The fourth-order valence-corrected chi connectivity index (χ4v) is 3.32. The third kappa shape index (κ3) is 3.05. The molecule has 1 saturated heterocycles. The number of hydrogen-bond acceptors (Lipinski definition) is 3. The van der Waals surface area contributed by atoms with Crippen molar-refractivity contribution in [3.05, 3.63) is 60.6 Å². The van der Waals surface area contributed by atoms with Gasteiger partial charge in [0.05, 0.1) is 29.8 Å². The third-order valence-electron chi connectivity index (χ3n) is 4.63. The van der Waals surface area contributed by atoms with Crippen molar-refractivity contribution in [2.75, 3.05) is 13.1 Å². The second-order valence-electron chi connectivity index (χ2n) is 6.22. The number of rotatable bonds is 3. The van der Waals surface area contributed by atoms with Gasteiger partial charge in [-0.05, 0) is 37.1 Å². The van der Waals surface area contributed by atoms with Crippen molar-refractivity contribution < 1.29 is 9.18 Å². The molecule has 1 atom stereocenters. The van der Waals surface area contributed by atoms with Crippen LogP contribution in [0.1, 0.15) is 29.2 Å². The molecular formula is C18H18FN5O. The Bertz CT molecular complexity index is 856. The molecule has 1 fully saturated rings. The summed E-state index contributed by atoms with van der Waals surface area (Å²) in [5.41, 5.74) is 1.87. The number of amides is 1. The lowest BCUT2D eigenvalue weighted by Crippen LogP contribution is -2.40. The highest BCUT2D eigenvalue weighted by atomic mass is 19.1. The van der Waals surface area contributed by atoms with Crippen LogP contribution in [0.3, 0.4) is 0 Å². The van der Waals surface area contributed by atoms with E-state index in [0.29, 0.717) is 17.8 Å². The molecular weight excluding hydrogens is 321 g/mol. The molecule has 0 aliphatic carbocycles. The van der Waals surface area contributed by atoms with Crippen LogP contribution in [0.2, 0.25) is 0 Å². The summed E-state index contributed by atoms with van der Waals surface area (Å²) >= 11 is 0. The van der Waals surface area contributed by atoms with Gasteiger partial charge in [-0.3, -0.25) is 9.89 Å². The first-order valence-corrected chi connectivity index (χ1v) is 8.28. The molecule has 1 aliphatic heterocycles. The quantitative estimate of drug-likeness (QED) is 0.798. The summed E-state index contributed by atoms with van der Waals surface area (Å²) < 4.78 is 15.2. The molecule has 25 heavy (non-hydrogen) atoms. The van der Waals surface area contributed by atoms with E-state index in [1.54, 1.807) is 30.9 Å². The van der Waals surface area contributed by atoms with Gasteiger partial charge >= 0.3 is 0 Å². The first-order valence-electron chi connectivity index (χ1n) is 8.28. The molecule has 2 aromatic heterocycles. The summed E-state index contributed by atoms with van der Waals surface area (Å²) in [4.78, 5) is 18.9. The van der Waals surface area contributed by atoms with Gasteiger partial charge in [0.15, 0.2) is 0 Å². The van der Waals surface area contributed by atoms with E-state index in [0.717, 1.165) is 24.9 Å². The molecule has 6 nitrogen and oxygen atoms in total. The third-order valence-corrected chi connectivity index (χ3v) is 4.63. The monoisotopic (exact) mass is 339 g/mol. The van der Waals surface area contributed by atoms with Crippen molar-refractivity contribution >= 4 is 5.91 Å². The first-order chi connectivity index (χ1) is 12.2. The Balaban J connectivity index is 1.57. The molecule has 1 N–H and O–H groups in total. The maximum atomic E-state index is 13.1. The van der Waals surface area contributed by atoms with E-state index >= 15 is 0 Å². The van der Waals surface area contributed by atoms with Gasteiger partial charge < -0.3 is 9.47 Å². The normalized spacial score (nSPS) is 17.6. The molecule has 128 valence electrons. The minimum Gasteiger partial charge on any atom is -0.336 e. The average Bonchev–Trinajstić information content (AvgIpc) is 3.34. The zero-order valence-corrected chi connectivity index (χ0v) is 13.6. The number of aromatic amines is 1. The van der Waals surface area contributed by atoms with Crippen molar-refractivity contribution in [3.63, 3.8) is 0 Å². The predicted molar refractivity (Wildman–Crippen MR) is 90.4 cm³/mol. The van der Waals surface area contributed by atoms with Crippen molar-refractivity contribution in [3.8, 4) is 11.3 Å². The number of likely N-dealkylation sites (tertiary alicyclic amines) is 1. The smallest absolute Gasteiger partial charge is 0.257 e. The van der Waals surface area contributed by atoms with Crippen LogP contribution in [-0.2, 0) is 0 Å². The van der Waals surface area contributed by atoms with Crippen LogP contribution in [0.5, 0.6) is 0 Å². The number of imidazole rings is 1. The van der Waals surface area contributed by atoms with E-state index in [1.165, 1.54) is 12.1 Å². The molecule has 0 saturated carbocycles. The van der Waals surface area contributed by atoms with Gasteiger partial charge in [-0.25, -0.2) is 9.37 Å². The Morgan fingerprint density at radius 2 is 2.12 bits per heavy atom. The molecule has 4 rings (SSSR count). The zero-order valence-electron chi connectivity index (χ0n) is 13.6. The Kier molecular flexibility index (Phi) is 4.05. The summed E-state index contributed by atoms with van der Waals surface area (Å²) in [6, 6.07) is 6.27. The van der Waals surface area contributed by atoms with E-state index in [2.05, 4.69) is 19.7 Å². The van der Waals surface area contributed by atoms with Gasteiger partial charge in [-0.1, -0.05) is 0 Å². The summed E-state index contributed by atoms with van der Waals surface area (Å²) in [6.07, 6.45) is 8.99. The number of halogens is 1. The molecule has 3 aromatic rings. The number of carbonyl (C=O) groups excluding carboxylic acids is 1. The highest BCUT2D eigenvalue weighted by Gasteiger charge is 2.27. The molecule has 3 heterocycles. The fraction of sp³-hybridized carbons (Fsp3) is 0.278. The maximum Gasteiger partial charge on any atom is 0.257 e. The zero-order chi connectivity index (χ0) is 17.2. The van der Waals surface area contributed by atoms with Crippen LogP contribution in [0, 0.1) is 5.82 Å². The second kappa shape index (κ2) is 6.51. The van der Waals surface area contributed by atoms with E-state index in [1.807, 2.05) is 11.1 Å². The maximum absolute atomic E-state index is 13.1. The van der Waals surface area contributed by atoms with Crippen molar-refractivity contribution in [1.82, 2.24) is 24.6 Å². The summed E-state index contributed by atoms with van der Waals surface area (Å²) in [7, 11) is 0. The van der Waals surface area contributed by atoms with Crippen LogP contribution in [0.25, 0.3) is 11.3 Å². The topological polar surface area (TPSA) is 66.8 Å². The Labute approximate surface area is 144 Å². The number of aromatic nitrogens is 4. The van der Waals surface area contributed by atoms with E-state index in [4.69, 9.17) is 0 Å². The lowest BCUT2D eigenvalue weighted by atomic mass is 10.0. The van der Waals surface area contributed by atoms with Crippen LogP contribution >= 0.6 is 0 Å². The van der Waals surface area contributed by atoms with Crippen molar-refractivity contribution in [1.29, 1.82) is 0 Å². The summed E-state index contributed by atoms with van der Waals surface area (Å²) in [5.74, 6) is -0.367. The van der Waals surface area contributed by atoms with Crippen LogP contribution < -0.4 is 0 Å². The largest absolute Gasteiger partial charge is 0.336 e. The highest BCUT2D eigenvalue weighted by Crippen LogP contribution is 2.26. The molecule has 0 radical (unpaired) electrons. The Morgan fingerprint density at radius 1 is 1.28 bits per heavy atom. The van der Waals surface area contributed by atoms with Crippen molar-refractivity contribution in [2.24, 2.45) is 0 Å². The van der Waals surface area contributed by atoms with Crippen molar-refractivity contribution in [2.45, 2.75) is 18.9 Å². The molecule has 1 unspecified atom stereocenters. The van der Waals surface area contributed by atoms with Gasteiger partial charge in [0, 0.05) is 31.0 Å². The molecule has 0 spiro atoms. The Morgan fingerprint density at radius 3 is 2.88 bits per heavy atom. The second-order valence-corrected chi connectivity index (χ2v) is 6.22. The highest BCUT2D eigenvalue weighted by molar-refractivity contribution is 5.99. The number of hydrogen-bond donors (Lipinski definition) is 1. The summed E-state index contributed by atoms with van der Waals surface area (Å²) in [6.45, 7) is 1.36. The number of carbonyl (C=O) groups is 1. The minimum atomic E-state index is -0.310. The number of nitrogens with zero attached hydrogens (tertiary/aromatic N) is 4. The van der Waals surface area contributed by atoms with Gasteiger partial charge in [0.25, 0.3) is 5.91 Å². The van der Waals surface area contributed by atoms with Gasteiger partial charge in [0.1, 0.15) is 5.82 Å². The van der Waals surface area contributed by atoms with Crippen LogP contribution in [0.15, 0.2) is 49.2 Å². The fourth-order valence-electron chi connectivity index (χ4n) is 3.32. The minimum absolute atomic E-state index is 0.0575. The van der Waals surface area contributed by atoms with Gasteiger partial charge in [-0.2, -0.15) is 5.10 Å². The SMILES string of the molecule is O=C(c1cn[nH]c1-c1ccc(F)cc1)N1CCCC(n2ccnc2)C1. The van der Waals surface area contributed by atoms with E-state index in [9.17, 15) is 9.18 Å². The molecule has 0 bridgehead atoms.